The lowest BCUT2D eigenvalue weighted by Gasteiger charge is -2.31. The van der Waals surface area contributed by atoms with Gasteiger partial charge >= 0.3 is 7.82 Å². The first-order valence-corrected chi connectivity index (χ1v) is 16.6. The summed E-state index contributed by atoms with van der Waals surface area (Å²) in [6.07, 6.45) is 3.29. The molecule has 0 radical (unpaired) electrons. The molecule has 0 bridgehead atoms. The number of pyridine rings is 1. The van der Waals surface area contributed by atoms with E-state index in [-0.39, 0.29) is 5.75 Å². The van der Waals surface area contributed by atoms with E-state index >= 15 is 0 Å². The highest BCUT2D eigenvalue weighted by atomic mass is 32.2. The lowest BCUT2D eigenvalue weighted by Crippen LogP contribution is -2.37. The molecule has 1 aliphatic rings. The Bertz CT molecular complexity index is 1670. The predicted octanol–water partition coefficient (Wildman–Crippen LogP) is 4.35. The number of fused-ring (bicyclic) bond motifs is 3. The van der Waals surface area contributed by atoms with Crippen LogP contribution >= 0.6 is 7.82 Å². The van der Waals surface area contributed by atoms with Gasteiger partial charge in [0.1, 0.15) is 6.61 Å². The number of aryl methyl sites for hydroxylation is 1. The molecule has 3 heterocycles. The first-order chi connectivity index (χ1) is 19.1. The maximum atomic E-state index is 12.6. The van der Waals surface area contributed by atoms with Crippen LogP contribution < -0.4 is 4.84 Å². The minimum Gasteiger partial charge on any atom is -0.412 e. The van der Waals surface area contributed by atoms with Crippen LogP contribution in [0, 0.1) is 6.92 Å². The fraction of sp³-hybridized carbons (Fsp3) is 0.393. The Labute approximate surface area is 233 Å². The summed E-state index contributed by atoms with van der Waals surface area (Å²) in [7, 11) is -7.81. The average Bonchev–Trinajstić information content (AvgIpc) is 3.24. The van der Waals surface area contributed by atoms with Crippen molar-refractivity contribution in [2.45, 2.75) is 44.1 Å². The van der Waals surface area contributed by atoms with Crippen LogP contribution in [0.15, 0.2) is 59.6 Å². The third-order valence-electron chi connectivity index (χ3n) is 7.27. The van der Waals surface area contributed by atoms with Gasteiger partial charge in [-0.05, 0) is 67.1 Å². The van der Waals surface area contributed by atoms with Gasteiger partial charge in [-0.25, -0.2) is 18.0 Å². The third-order valence-corrected chi connectivity index (χ3v) is 9.58. The molecule has 1 saturated heterocycles. The molecule has 0 saturated carbocycles. The summed E-state index contributed by atoms with van der Waals surface area (Å²) < 4.78 is 42.8. The van der Waals surface area contributed by atoms with Crippen molar-refractivity contribution in [3.8, 4) is 11.1 Å². The largest absolute Gasteiger partial charge is 0.469 e. The molecule has 0 spiro atoms. The molecule has 0 aliphatic carbocycles. The van der Waals surface area contributed by atoms with Crippen molar-refractivity contribution in [3.05, 3.63) is 60.3 Å². The molecule has 214 valence electrons. The van der Waals surface area contributed by atoms with Crippen LogP contribution in [0.2, 0.25) is 0 Å². The lowest BCUT2D eigenvalue weighted by atomic mass is 10.00. The van der Waals surface area contributed by atoms with E-state index in [9.17, 15) is 13.0 Å². The Morgan fingerprint density at radius 1 is 1.10 bits per heavy atom. The molecule has 1 fully saturated rings. The second-order valence-electron chi connectivity index (χ2n) is 10.1. The van der Waals surface area contributed by atoms with Crippen molar-refractivity contribution in [1.82, 2.24) is 14.6 Å². The summed E-state index contributed by atoms with van der Waals surface area (Å²) in [6, 6.07) is 15.0. The second-order valence-corrected chi connectivity index (χ2v) is 13.6. The number of piperidine rings is 1. The summed E-state index contributed by atoms with van der Waals surface area (Å²) in [5, 5.41) is 1.88. The van der Waals surface area contributed by atoms with E-state index < -0.39 is 23.8 Å². The third kappa shape index (κ3) is 6.25. The summed E-state index contributed by atoms with van der Waals surface area (Å²) in [5.74, 6) is 0.0378. The zero-order valence-corrected chi connectivity index (χ0v) is 24.3. The van der Waals surface area contributed by atoms with Crippen molar-refractivity contribution in [3.63, 3.8) is 0 Å². The Morgan fingerprint density at radius 2 is 1.85 bits per heavy atom. The normalized spacial score (nSPS) is 15.7. The van der Waals surface area contributed by atoms with Crippen LogP contribution in [-0.4, -0.2) is 70.9 Å². The highest BCUT2D eigenvalue weighted by Crippen LogP contribution is 2.40. The number of phosphoric acid groups is 1. The molecule has 4 aromatic rings. The van der Waals surface area contributed by atoms with Crippen molar-refractivity contribution >= 4 is 39.6 Å². The van der Waals surface area contributed by atoms with Gasteiger partial charge in [-0.15, -0.1) is 0 Å². The molecule has 5 rings (SSSR count). The average molecular weight is 588 g/mol. The van der Waals surface area contributed by atoms with Gasteiger partial charge in [0.25, 0.3) is 0 Å². The summed E-state index contributed by atoms with van der Waals surface area (Å²) in [5.41, 5.74) is 4.28. The molecule has 12 heteroatoms. The van der Waals surface area contributed by atoms with Crippen LogP contribution in [0.1, 0.15) is 31.7 Å². The van der Waals surface area contributed by atoms with E-state index in [1.807, 2.05) is 31.2 Å². The smallest absolute Gasteiger partial charge is 0.412 e. The molecule has 2 aromatic heterocycles. The predicted molar refractivity (Wildman–Crippen MR) is 154 cm³/mol. The topological polar surface area (TPSA) is 131 Å². The number of hydrogen-bond donors (Lipinski definition) is 2. The standard InChI is InChI=1S/C28H34N3O7PS/c1-3-40(35,36)23-8-4-7-21(18-23)24-9-5-10-26-27(24)25-17-20(2)19-29-28(25)31(26)37-16-6-13-30-14-11-22(12-15-30)38-39(32,33)34/h4-5,7-10,17-19,22H,3,6,11-16H2,1-2H3,(H2,32,33,34). The zero-order valence-electron chi connectivity index (χ0n) is 22.6. The van der Waals surface area contributed by atoms with E-state index in [1.54, 1.807) is 36.1 Å². The first kappa shape index (κ1) is 28.7. The number of nitrogens with zero attached hydrogens (tertiary/aromatic N) is 3. The van der Waals surface area contributed by atoms with Gasteiger partial charge in [0.15, 0.2) is 15.5 Å². The van der Waals surface area contributed by atoms with Crippen molar-refractivity contribution < 1.29 is 32.1 Å². The minimum atomic E-state index is -4.46. The number of aromatic nitrogens is 2. The summed E-state index contributed by atoms with van der Waals surface area (Å²) in [4.78, 5) is 31.6. The highest BCUT2D eigenvalue weighted by Gasteiger charge is 2.26. The van der Waals surface area contributed by atoms with Gasteiger partial charge < -0.3 is 19.5 Å². The van der Waals surface area contributed by atoms with Crippen LogP contribution in [0.5, 0.6) is 0 Å². The SMILES string of the molecule is CCS(=O)(=O)c1cccc(-c2cccc3c2c2cc(C)cnc2n3OCCCN2CCC(OP(=O)(O)O)CC2)c1. The second kappa shape index (κ2) is 11.6. The number of hydrogen-bond acceptors (Lipinski definition) is 7. The number of rotatable bonds is 10. The molecule has 0 atom stereocenters. The molecular weight excluding hydrogens is 553 g/mol. The first-order valence-electron chi connectivity index (χ1n) is 13.4. The van der Waals surface area contributed by atoms with Gasteiger partial charge in [0, 0.05) is 36.6 Å². The van der Waals surface area contributed by atoms with Crippen LogP contribution in [-0.2, 0) is 18.9 Å². The van der Waals surface area contributed by atoms with E-state index in [0.29, 0.717) is 43.1 Å². The lowest BCUT2D eigenvalue weighted by molar-refractivity contribution is 0.0641. The maximum absolute atomic E-state index is 12.6. The Hall–Kier alpha value is -2.79. The van der Waals surface area contributed by atoms with E-state index in [0.717, 1.165) is 45.9 Å². The minimum absolute atomic E-state index is 0.0378. The Kier molecular flexibility index (Phi) is 8.33. The summed E-state index contributed by atoms with van der Waals surface area (Å²) >= 11 is 0. The number of sulfone groups is 1. The van der Waals surface area contributed by atoms with Gasteiger partial charge in [-0.3, -0.25) is 4.52 Å². The number of likely N-dealkylation sites (tertiary alicyclic amines) is 1. The van der Waals surface area contributed by atoms with Crippen molar-refractivity contribution in [2.24, 2.45) is 0 Å². The van der Waals surface area contributed by atoms with Gasteiger partial charge in [0.2, 0.25) is 0 Å². The van der Waals surface area contributed by atoms with Crippen LogP contribution in [0.3, 0.4) is 0 Å². The highest BCUT2D eigenvalue weighted by molar-refractivity contribution is 7.91. The van der Waals surface area contributed by atoms with E-state index in [4.69, 9.17) is 19.1 Å². The van der Waals surface area contributed by atoms with Crippen molar-refractivity contribution in [1.29, 1.82) is 0 Å². The molecule has 0 unspecified atom stereocenters. The monoisotopic (exact) mass is 587 g/mol. The number of benzene rings is 2. The molecule has 1 aliphatic heterocycles. The van der Waals surface area contributed by atoms with Crippen LogP contribution in [0.25, 0.3) is 33.1 Å². The fourth-order valence-electron chi connectivity index (χ4n) is 5.29. The number of phosphoric ester groups is 1. The van der Waals surface area contributed by atoms with Gasteiger partial charge in [-0.1, -0.05) is 31.2 Å². The van der Waals surface area contributed by atoms with E-state index in [1.165, 1.54) is 0 Å². The molecule has 2 N–H and O–H groups in total. The molecular formula is C28H34N3O7PS. The molecule has 2 aromatic carbocycles. The van der Waals surface area contributed by atoms with E-state index in [2.05, 4.69) is 16.0 Å². The van der Waals surface area contributed by atoms with Gasteiger partial charge in [0.05, 0.1) is 22.3 Å². The summed E-state index contributed by atoms with van der Waals surface area (Å²) in [6.45, 7) is 6.28. The zero-order chi connectivity index (χ0) is 28.5. The fourth-order valence-corrected chi connectivity index (χ4v) is 6.81. The maximum Gasteiger partial charge on any atom is 0.469 e. The van der Waals surface area contributed by atoms with Crippen LogP contribution in [0.4, 0.5) is 0 Å². The quantitative estimate of drug-likeness (QED) is 0.205. The molecule has 40 heavy (non-hydrogen) atoms. The molecule has 0 amide bonds. The Morgan fingerprint density at radius 3 is 2.58 bits per heavy atom. The van der Waals surface area contributed by atoms with Gasteiger partial charge in [-0.2, -0.15) is 4.73 Å². The van der Waals surface area contributed by atoms with Crippen molar-refractivity contribution in [2.75, 3.05) is 32.0 Å². The Balaban J connectivity index is 1.37. The molecule has 10 nitrogen and oxygen atoms in total.